The van der Waals surface area contributed by atoms with Gasteiger partial charge in [0.2, 0.25) is 0 Å². The van der Waals surface area contributed by atoms with E-state index in [4.69, 9.17) is 0 Å². The highest BCUT2D eigenvalue weighted by molar-refractivity contribution is 9.11. The van der Waals surface area contributed by atoms with Crippen LogP contribution in [0.25, 0.3) is 21.8 Å². The number of hydrogen-bond acceptors (Lipinski definition) is 2. The van der Waals surface area contributed by atoms with E-state index < -0.39 is 0 Å². The number of hydrogen-bond donors (Lipinski definition) is 0. The van der Waals surface area contributed by atoms with Crippen LogP contribution in [0, 0.1) is 0 Å². The highest BCUT2D eigenvalue weighted by Gasteiger charge is 2.06. The summed E-state index contributed by atoms with van der Waals surface area (Å²) in [5.74, 6) is 0. The highest BCUT2D eigenvalue weighted by atomic mass is 79.9. The van der Waals surface area contributed by atoms with E-state index >= 15 is 0 Å². The summed E-state index contributed by atoms with van der Waals surface area (Å²) in [4.78, 5) is 8.80. The van der Waals surface area contributed by atoms with Gasteiger partial charge in [0.05, 0.1) is 11.0 Å². The Morgan fingerprint density at radius 3 is 1.56 bits per heavy atom. The van der Waals surface area contributed by atoms with E-state index in [1.807, 2.05) is 12.1 Å². The summed E-state index contributed by atoms with van der Waals surface area (Å²) in [6, 6.07) is 7.99. The maximum atomic E-state index is 4.40. The summed E-state index contributed by atoms with van der Waals surface area (Å²) in [6.45, 7) is 0. The van der Waals surface area contributed by atoms with Crippen LogP contribution in [-0.2, 0) is 0 Å². The average Bonchev–Trinajstić information content (AvgIpc) is 2.30. The van der Waals surface area contributed by atoms with Crippen LogP contribution >= 0.6 is 31.9 Å². The summed E-state index contributed by atoms with van der Waals surface area (Å²) in [5.41, 5.74) is 1.85. The lowest BCUT2D eigenvalue weighted by atomic mass is 10.1. The molecule has 0 aliphatic heterocycles. The zero-order chi connectivity index (χ0) is 11.1. The third kappa shape index (κ3) is 1.44. The molecule has 0 amide bonds. The normalized spacial score (nSPS) is 11.1. The van der Waals surface area contributed by atoms with Gasteiger partial charge in [-0.05, 0) is 12.1 Å². The van der Waals surface area contributed by atoms with Crippen LogP contribution in [0.5, 0.6) is 0 Å². The van der Waals surface area contributed by atoms with Crippen molar-refractivity contribution in [2.45, 2.75) is 0 Å². The van der Waals surface area contributed by atoms with Crippen molar-refractivity contribution in [1.29, 1.82) is 0 Å². The third-order valence-corrected chi connectivity index (χ3v) is 3.90. The number of aromatic nitrogens is 2. The molecule has 78 valence electrons. The monoisotopic (exact) mass is 336 g/mol. The summed E-state index contributed by atoms with van der Waals surface area (Å²) >= 11 is 7.04. The summed E-state index contributed by atoms with van der Waals surface area (Å²) in [6.07, 6.45) is 3.57. The molecule has 0 bridgehead atoms. The Bertz CT molecular complexity index is 634. The first-order chi connectivity index (χ1) is 7.77. The molecule has 2 nitrogen and oxygen atoms in total. The second-order valence-corrected chi connectivity index (χ2v) is 5.15. The average molecular weight is 338 g/mol. The molecule has 4 heteroatoms. The first-order valence-electron chi connectivity index (χ1n) is 4.75. The lowest BCUT2D eigenvalue weighted by Crippen LogP contribution is -1.86. The first kappa shape index (κ1) is 10.2. The Kier molecular flexibility index (Phi) is 2.41. The van der Waals surface area contributed by atoms with Gasteiger partial charge in [-0.1, -0.05) is 44.0 Å². The smallest absolute Gasteiger partial charge is 0.0976 e. The van der Waals surface area contributed by atoms with Crippen LogP contribution in [0.4, 0.5) is 0 Å². The summed E-state index contributed by atoms with van der Waals surface area (Å²) in [5, 5.41) is 2.17. The van der Waals surface area contributed by atoms with Crippen molar-refractivity contribution in [2.24, 2.45) is 0 Å². The van der Waals surface area contributed by atoms with Crippen molar-refractivity contribution in [1.82, 2.24) is 9.97 Å². The van der Waals surface area contributed by atoms with Crippen molar-refractivity contribution in [2.75, 3.05) is 0 Å². The lowest BCUT2D eigenvalue weighted by molar-refractivity contribution is 1.36. The largest absolute Gasteiger partial charge is 0.254 e. The molecule has 0 saturated heterocycles. The fourth-order valence-electron chi connectivity index (χ4n) is 1.76. The second-order valence-electron chi connectivity index (χ2n) is 3.44. The molecule has 16 heavy (non-hydrogen) atoms. The quantitative estimate of drug-likeness (QED) is 0.571. The van der Waals surface area contributed by atoms with E-state index in [9.17, 15) is 0 Å². The lowest BCUT2D eigenvalue weighted by Gasteiger charge is -2.04. The van der Waals surface area contributed by atoms with E-state index in [2.05, 4.69) is 54.0 Å². The molecule has 2 aromatic heterocycles. The van der Waals surface area contributed by atoms with E-state index in [0.717, 1.165) is 30.8 Å². The van der Waals surface area contributed by atoms with Gasteiger partial charge in [-0.15, -0.1) is 0 Å². The molecule has 0 unspecified atom stereocenters. The second kappa shape index (κ2) is 3.79. The molecular formula is C12H6Br2N2. The Balaban J connectivity index is 2.60. The van der Waals surface area contributed by atoms with E-state index in [-0.39, 0.29) is 0 Å². The minimum atomic E-state index is 0.924. The van der Waals surface area contributed by atoms with Gasteiger partial charge in [0.25, 0.3) is 0 Å². The molecule has 0 spiro atoms. The number of fused-ring (bicyclic) bond motifs is 3. The van der Waals surface area contributed by atoms with E-state index in [1.165, 1.54) is 0 Å². The van der Waals surface area contributed by atoms with Gasteiger partial charge in [-0.3, -0.25) is 9.97 Å². The maximum absolute atomic E-state index is 4.40. The Morgan fingerprint density at radius 1 is 0.688 bits per heavy atom. The van der Waals surface area contributed by atoms with Gasteiger partial charge < -0.3 is 0 Å². The van der Waals surface area contributed by atoms with Gasteiger partial charge >= 0.3 is 0 Å². The number of nitrogens with zero attached hydrogens (tertiary/aromatic N) is 2. The molecule has 0 N–H and O–H groups in total. The minimum Gasteiger partial charge on any atom is -0.254 e. The summed E-state index contributed by atoms with van der Waals surface area (Å²) < 4.78 is 2.09. The van der Waals surface area contributed by atoms with Crippen LogP contribution in [0.15, 0.2) is 45.6 Å². The first-order valence-corrected chi connectivity index (χ1v) is 6.33. The zero-order valence-electron chi connectivity index (χ0n) is 8.11. The molecule has 0 aliphatic rings. The molecule has 3 rings (SSSR count). The van der Waals surface area contributed by atoms with Gasteiger partial charge in [0.1, 0.15) is 0 Å². The van der Waals surface area contributed by atoms with E-state index in [1.54, 1.807) is 12.4 Å². The number of pyridine rings is 2. The van der Waals surface area contributed by atoms with Crippen molar-refractivity contribution < 1.29 is 0 Å². The predicted octanol–water partition coefficient (Wildman–Crippen LogP) is 4.31. The molecule has 3 aromatic rings. The van der Waals surface area contributed by atoms with Crippen LogP contribution in [0.1, 0.15) is 0 Å². The zero-order valence-corrected chi connectivity index (χ0v) is 11.3. The molecule has 1 aromatic carbocycles. The fraction of sp³-hybridized carbons (Fsp3) is 0. The van der Waals surface area contributed by atoms with Crippen LogP contribution in [0.2, 0.25) is 0 Å². The summed E-state index contributed by atoms with van der Waals surface area (Å²) in [7, 11) is 0. The van der Waals surface area contributed by atoms with Gasteiger partial charge in [0.15, 0.2) is 0 Å². The molecule has 0 radical (unpaired) electrons. The number of halogens is 2. The van der Waals surface area contributed by atoms with Crippen molar-refractivity contribution in [3.8, 4) is 0 Å². The van der Waals surface area contributed by atoms with Gasteiger partial charge in [0, 0.05) is 32.1 Å². The van der Waals surface area contributed by atoms with Crippen LogP contribution < -0.4 is 0 Å². The van der Waals surface area contributed by atoms with Crippen LogP contribution in [-0.4, -0.2) is 9.97 Å². The predicted molar refractivity (Wildman–Crippen MR) is 72.4 cm³/mol. The highest BCUT2D eigenvalue weighted by Crippen LogP contribution is 2.30. The fourth-order valence-corrected chi connectivity index (χ4v) is 2.64. The molecule has 2 heterocycles. The van der Waals surface area contributed by atoms with Crippen molar-refractivity contribution in [3.63, 3.8) is 0 Å². The number of rotatable bonds is 0. The molecular weight excluding hydrogens is 332 g/mol. The topological polar surface area (TPSA) is 25.8 Å². The Morgan fingerprint density at radius 2 is 1.12 bits per heavy atom. The maximum Gasteiger partial charge on any atom is 0.0976 e. The standard InChI is InChI=1S/C12H6Br2N2/c13-9-3-5-15-11-7(9)1-2-8-10(14)4-6-16-12(8)11/h1-6H. The Hall–Kier alpha value is -1.00. The number of benzene rings is 1. The third-order valence-electron chi connectivity index (χ3n) is 2.51. The molecule has 0 saturated carbocycles. The SMILES string of the molecule is Brc1ccnc2c1ccc1c(Br)ccnc12. The van der Waals surface area contributed by atoms with Gasteiger partial charge in [-0.25, -0.2) is 0 Å². The molecule has 0 atom stereocenters. The van der Waals surface area contributed by atoms with Crippen LogP contribution in [0.3, 0.4) is 0 Å². The van der Waals surface area contributed by atoms with Gasteiger partial charge in [-0.2, -0.15) is 0 Å². The molecule has 0 aliphatic carbocycles. The molecule has 0 fully saturated rings. The van der Waals surface area contributed by atoms with E-state index in [0.29, 0.717) is 0 Å². The van der Waals surface area contributed by atoms with Crippen molar-refractivity contribution in [3.05, 3.63) is 45.6 Å². The van der Waals surface area contributed by atoms with Crippen molar-refractivity contribution >= 4 is 53.7 Å². The minimum absolute atomic E-state index is 0.924. The Labute approximate surface area is 109 Å².